The molecule has 1 saturated heterocycles. The van der Waals surface area contributed by atoms with Crippen LogP contribution in [0.5, 0.6) is 0 Å². The van der Waals surface area contributed by atoms with E-state index in [1.165, 1.54) is 0 Å². The van der Waals surface area contributed by atoms with Gasteiger partial charge in [0.1, 0.15) is 0 Å². The maximum absolute atomic E-state index is 12.1. The summed E-state index contributed by atoms with van der Waals surface area (Å²) in [5.74, 6) is 1.48. The predicted octanol–water partition coefficient (Wildman–Crippen LogP) is 1.16. The molecule has 0 spiro atoms. The molecule has 4 nitrogen and oxygen atoms in total. The number of hydrogen-bond donors (Lipinski definition) is 1. The fourth-order valence-electron chi connectivity index (χ4n) is 2.54. The number of amides is 1. The number of nitrogens with two attached hydrogens (primary N) is 1. The van der Waals surface area contributed by atoms with Crippen LogP contribution in [0.3, 0.4) is 0 Å². The fourth-order valence-corrected chi connectivity index (χ4v) is 2.54. The van der Waals surface area contributed by atoms with Crippen molar-refractivity contribution in [2.75, 3.05) is 39.8 Å². The van der Waals surface area contributed by atoms with Crippen LogP contribution in [0.4, 0.5) is 0 Å². The predicted molar refractivity (Wildman–Crippen MR) is 75.3 cm³/mol. The van der Waals surface area contributed by atoms with E-state index in [2.05, 4.69) is 25.8 Å². The van der Waals surface area contributed by atoms with E-state index in [1.54, 1.807) is 0 Å². The highest BCUT2D eigenvalue weighted by Gasteiger charge is 2.20. The highest BCUT2D eigenvalue weighted by molar-refractivity contribution is 5.76. The Balaban J connectivity index is 2.27. The Morgan fingerprint density at radius 1 is 1.22 bits per heavy atom. The molecule has 1 rings (SSSR count). The van der Waals surface area contributed by atoms with E-state index in [0.717, 1.165) is 39.0 Å². The van der Waals surface area contributed by atoms with E-state index in [9.17, 15) is 4.79 Å². The zero-order valence-corrected chi connectivity index (χ0v) is 12.2. The molecule has 2 N–H and O–H groups in total. The van der Waals surface area contributed by atoms with E-state index < -0.39 is 0 Å². The van der Waals surface area contributed by atoms with Crippen LogP contribution < -0.4 is 5.73 Å². The van der Waals surface area contributed by atoms with Gasteiger partial charge in [0.05, 0.1) is 0 Å². The molecular formula is C14H29N3O. The lowest BCUT2D eigenvalue weighted by Gasteiger charge is -2.32. The summed E-state index contributed by atoms with van der Waals surface area (Å²) >= 11 is 0. The molecular weight excluding hydrogens is 226 g/mol. The first-order valence-corrected chi connectivity index (χ1v) is 7.19. The minimum atomic E-state index is 0.310. The van der Waals surface area contributed by atoms with Crippen molar-refractivity contribution in [1.29, 1.82) is 0 Å². The molecule has 0 saturated carbocycles. The van der Waals surface area contributed by atoms with Gasteiger partial charge in [-0.05, 0) is 38.3 Å². The first kappa shape index (κ1) is 15.4. The van der Waals surface area contributed by atoms with Gasteiger partial charge in [-0.15, -0.1) is 0 Å². The molecule has 0 aromatic carbocycles. The van der Waals surface area contributed by atoms with Gasteiger partial charge in [-0.25, -0.2) is 0 Å². The quantitative estimate of drug-likeness (QED) is 0.775. The number of piperazine rings is 1. The maximum atomic E-state index is 12.1. The first-order valence-electron chi connectivity index (χ1n) is 7.19. The van der Waals surface area contributed by atoms with Crippen molar-refractivity contribution in [2.24, 2.45) is 17.6 Å². The Morgan fingerprint density at radius 3 is 2.33 bits per heavy atom. The van der Waals surface area contributed by atoms with Crippen molar-refractivity contribution in [2.45, 2.75) is 33.1 Å². The average Bonchev–Trinajstić information content (AvgIpc) is 2.34. The third-order valence-corrected chi connectivity index (χ3v) is 3.76. The lowest BCUT2D eigenvalue weighted by atomic mass is 9.93. The van der Waals surface area contributed by atoms with Crippen molar-refractivity contribution in [3.05, 3.63) is 0 Å². The van der Waals surface area contributed by atoms with Crippen LogP contribution in [0.15, 0.2) is 0 Å². The van der Waals surface area contributed by atoms with Gasteiger partial charge in [-0.3, -0.25) is 4.79 Å². The molecule has 0 bridgehead atoms. The number of hydrogen-bond acceptors (Lipinski definition) is 3. The van der Waals surface area contributed by atoms with Crippen LogP contribution in [0, 0.1) is 11.8 Å². The molecule has 0 radical (unpaired) electrons. The molecule has 1 aliphatic heterocycles. The molecule has 1 unspecified atom stereocenters. The van der Waals surface area contributed by atoms with E-state index in [4.69, 9.17) is 5.73 Å². The smallest absolute Gasteiger partial charge is 0.222 e. The molecule has 1 atom stereocenters. The third-order valence-electron chi connectivity index (χ3n) is 3.76. The van der Waals surface area contributed by atoms with Crippen LogP contribution in [0.25, 0.3) is 0 Å². The Kier molecular flexibility index (Phi) is 6.65. The summed E-state index contributed by atoms with van der Waals surface area (Å²) in [4.78, 5) is 16.3. The number of nitrogens with zero attached hydrogens (tertiary/aromatic N) is 2. The second kappa shape index (κ2) is 7.74. The summed E-state index contributed by atoms with van der Waals surface area (Å²) < 4.78 is 0. The lowest BCUT2D eigenvalue weighted by molar-refractivity contribution is -0.133. The summed E-state index contributed by atoms with van der Waals surface area (Å²) in [5.41, 5.74) is 5.77. The average molecular weight is 255 g/mol. The fraction of sp³-hybridized carbons (Fsp3) is 0.929. The standard InChI is InChI=1S/C14H29N3O/c1-12(2)10-13(11-15)4-5-14(18)17-8-6-16(3)7-9-17/h12-13H,4-11,15H2,1-3H3. The highest BCUT2D eigenvalue weighted by Crippen LogP contribution is 2.17. The van der Waals surface area contributed by atoms with Gasteiger partial charge in [0.2, 0.25) is 5.91 Å². The van der Waals surface area contributed by atoms with Crippen LogP contribution in [-0.4, -0.2) is 55.5 Å². The van der Waals surface area contributed by atoms with Gasteiger partial charge < -0.3 is 15.5 Å². The van der Waals surface area contributed by atoms with Gasteiger partial charge in [-0.1, -0.05) is 13.8 Å². The summed E-state index contributed by atoms with van der Waals surface area (Å²) in [6.45, 7) is 8.89. The Labute approximate surface area is 111 Å². The van der Waals surface area contributed by atoms with Gasteiger partial charge >= 0.3 is 0 Å². The maximum Gasteiger partial charge on any atom is 0.222 e. The number of carbonyl (C=O) groups excluding carboxylic acids is 1. The van der Waals surface area contributed by atoms with Crippen molar-refractivity contribution in [3.63, 3.8) is 0 Å². The second-order valence-corrected chi connectivity index (χ2v) is 5.95. The molecule has 0 aromatic heterocycles. The molecule has 1 heterocycles. The minimum Gasteiger partial charge on any atom is -0.340 e. The monoisotopic (exact) mass is 255 g/mol. The molecule has 0 aromatic rings. The zero-order chi connectivity index (χ0) is 13.5. The van der Waals surface area contributed by atoms with Crippen LogP contribution >= 0.6 is 0 Å². The largest absolute Gasteiger partial charge is 0.340 e. The van der Waals surface area contributed by atoms with E-state index in [1.807, 2.05) is 4.90 Å². The molecule has 1 amide bonds. The molecule has 1 aliphatic rings. The van der Waals surface area contributed by atoms with Gasteiger partial charge in [0.15, 0.2) is 0 Å². The van der Waals surface area contributed by atoms with Crippen molar-refractivity contribution in [1.82, 2.24) is 9.80 Å². The topological polar surface area (TPSA) is 49.6 Å². The van der Waals surface area contributed by atoms with Crippen LogP contribution in [0.1, 0.15) is 33.1 Å². The second-order valence-electron chi connectivity index (χ2n) is 5.95. The number of likely N-dealkylation sites (N-methyl/N-ethyl adjacent to an activating group) is 1. The van der Waals surface area contributed by atoms with Crippen molar-refractivity contribution >= 4 is 5.91 Å². The highest BCUT2D eigenvalue weighted by atomic mass is 16.2. The lowest BCUT2D eigenvalue weighted by Crippen LogP contribution is -2.47. The summed E-state index contributed by atoms with van der Waals surface area (Å²) in [7, 11) is 2.11. The van der Waals surface area contributed by atoms with Crippen LogP contribution in [-0.2, 0) is 4.79 Å². The molecule has 18 heavy (non-hydrogen) atoms. The summed E-state index contributed by atoms with van der Waals surface area (Å²) in [6, 6.07) is 0. The molecule has 1 fully saturated rings. The first-order chi connectivity index (χ1) is 8.52. The summed E-state index contributed by atoms with van der Waals surface area (Å²) in [6.07, 6.45) is 2.74. The third kappa shape index (κ3) is 5.36. The molecule has 4 heteroatoms. The minimum absolute atomic E-state index is 0.310. The molecule has 0 aliphatic carbocycles. The Hall–Kier alpha value is -0.610. The van der Waals surface area contributed by atoms with Crippen LogP contribution in [0.2, 0.25) is 0 Å². The summed E-state index contributed by atoms with van der Waals surface area (Å²) in [5, 5.41) is 0. The Bertz CT molecular complexity index is 247. The van der Waals surface area contributed by atoms with E-state index in [0.29, 0.717) is 30.7 Å². The van der Waals surface area contributed by atoms with Crippen molar-refractivity contribution in [3.8, 4) is 0 Å². The SMILES string of the molecule is CC(C)CC(CN)CCC(=O)N1CCN(C)CC1. The van der Waals surface area contributed by atoms with Crippen molar-refractivity contribution < 1.29 is 4.79 Å². The van der Waals surface area contributed by atoms with E-state index >= 15 is 0 Å². The Morgan fingerprint density at radius 2 is 1.83 bits per heavy atom. The molecule has 106 valence electrons. The van der Waals surface area contributed by atoms with E-state index in [-0.39, 0.29) is 0 Å². The van der Waals surface area contributed by atoms with Gasteiger partial charge in [0.25, 0.3) is 0 Å². The number of rotatable bonds is 6. The van der Waals surface area contributed by atoms with Gasteiger partial charge in [-0.2, -0.15) is 0 Å². The number of carbonyl (C=O) groups is 1. The normalized spacial score (nSPS) is 19.3. The zero-order valence-electron chi connectivity index (χ0n) is 12.2. The van der Waals surface area contributed by atoms with Gasteiger partial charge in [0, 0.05) is 32.6 Å².